The molecule has 0 atom stereocenters. The van der Waals surface area contributed by atoms with Crippen LogP contribution in [-0.2, 0) is 6.54 Å². The highest BCUT2D eigenvalue weighted by atomic mass is 32.1. The second-order valence-corrected chi connectivity index (χ2v) is 3.70. The van der Waals surface area contributed by atoms with Crippen molar-refractivity contribution < 1.29 is 9.21 Å². The summed E-state index contributed by atoms with van der Waals surface area (Å²) in [5.74, 6) is 0.553. The Kier molecular flexibility index (Phi) is 2.77. The normalized spacial score (nSPS) is 10.2. The molecular weight excluding hydrogens is 214 g/mol. The van der Waals surface area contributed by atoms with Crippen LogP contribution in [0.25, 0.3) is 0 Å². The molecule has 5 nitrogen and oxygen atoms in total. The molecule has 0 saturated heterocycles. The van der Waals surface area contributed by atoms with Gasteiger partial charge in [-0.2, -0.15) is 0 Å². The first-order valence-corrected chi connectivity index (χ1v) is 5.14. The van der Waals surface area contributed by atoms with Crippen molar-refractivity contribution in [2.45, 2.75) is 13.5 Å². The van der Waals surface area contributed by atoms with E-state index in [0.29, 0.717) is 17.1 Å². The van der Waals surface area contributed by atoms with E-state index in [0.717, 1.165) is 17.3 Å². The van der Waals surface area contributed by atoms with Crippen LogP contribution in [0.2, 0.25) is 0 Å². The van der Waals surface area contributed by atoms with E-state index in [2.05, 4.69) is 14.9 Å². The van der Waals surface area contributed by atoms with E-state index in [1.807, 2.05) is 0 Å². The van der Waals surface area contributed by atoms with E-state index in [-0.39, 0.29) is 5.91 Å². The van der Waals surface area contributed by atoms with Gasteiger partial charge in [-0.05, 0) is 30.6 Å². The van der Waals surface area contributed by atoms with E-state index in [4.69, 9.17) is 4.42 Å². The predicted molar refractivity (Wildman–Crippen MR) is 54.5 cm³/mol. The minimum atomic E-state index is -0.168. The lowest BCUT2D eigenvalue weighted by Gasteiger charge is -2.00. The zero-order valence-corrected chi connectivity index (χ0v) is 8.87. The molecule has 6 heteroatoms. The van der Waals surface area contributed by atoms with Crippen LogP contribution in [0, 0.1) is 6.92 Å². The van der Waals surface area contributed by atoms with Gasteiger partial charge >= 0.3 is 0 Å². The highest BCUT2D eigenvalue weighted by Crippen LogP contribution is 2.09. The van der Waals surface area contributed by atoms with Gasteiger partial charge in [0.05, 0.1) is 18.5 Å². The van der Waals surface area contributed by atoms with E-state index in [1.165, 1.54) is 0 Å². The molecule has 0 saturated carbocycles. The summed E-state index contributed by atoms with van der Waals surface area (Å²) >= 11 is 1.09. The van der Waals surface area contributed by atoms with Crippen LogP contribution in [0.15, 0.2) is 22.8 Å². The molecule has 1 N–H and O–H groups in total. The molecule has 0 bridgehead atoms. The average molecular weight is 223 g/mol. The van der Waals surface area contributed by atoms with Crippen LogP contribution < -0.4 is 5.32 Å². The molecule has 0 unspecified atom stereocenters. The fraction of sp³-hybridized carbons (Fsp3) is 0.222. The molecule has 15 heavy (non-hydrogen) atoms. The third-order valence-electron chi connectivity index (χ3n) is 1.86. The lowest BCUT2D eigenvalue weighted by Crippen LogP contribution is -2.22. The molecule has 2 aromatic heterocycles. The maximum atomic E-state index is 11.6. The highest BCUT2D eigenvalue weighted by Gasteiger charge is 2.12. The number of carbonyl (C=O) groups is 1. The first kappa shape index (κ1) is 9.85. The second kappa shape index (κ2) is 4.22. The molecule has 0 spiro atoms. The number of amides is 1. The summed E-state index contributed by atoms with van der Waals surface area (Å²) in [5, 5.41) is 6.49. The van der Waals surface area contributed by atoms with Crippen molar-refractivity contribution in [3.05, 3.63) is 34.7 Å². The minimum Gasteiger partial charge on any atom is -0.467 e. The smallest absolute Gasteiger partial charge is 0.265 e. The van der Waals surface area contributed by atoms with Crippen LogP contribution >= 0.6 is 11.5 Å². The van der Waals surface area contributed by atoms with Crippen molar-refractivity contribution in [1.82, 2.24) is 14.9 Å². The fourth-order valence-electron chi connectivity index (χ4n) is 1.10. The Bertz CT molecular complexity index is 450. The molecule has 2 rings (SSSR count). The summed E-state index contributed by atoms with van der Waals surface area (Å²) in [4.78, 5) is 12.1. The molecule has 78 valence electrons. The molecule has 0 fully saturated rings. The van der Waals surface area contributed by atoms with Gasteiger partial charge in [0.1, 0.15) is 10.6 Å². The van der Waals surface area contributed by atoms with E-state index in [1.54, 1.807) is 25.3 Å². The molecule has 0 aliphatic rings. The number of hydrogen-bond acceptors (Lipinski definition) is 5. The zero-order valence-electron chi connectivity index (χ0n) is 8.06. The van der Waals surface area contributed by atoms with E-state index in [9.17, 15) is 4.79 Å². The lowest BCUT2D eigenvalue weighted by molar-refractivity contribution is 0.0951. The predicted octanol–water partition coefficient (Wildman–Crippen LogP) is 1.37. The maximum absolute atomic E-state index is 11.6. The summed E-state index contributed by atoms with van der Waals surface area (Å²) < 4.78 is 8.78. The first-order valence-electron chi connectivity index (χ1n) is 4.37. The Morgan fingerprint density at radius 3 is 3.13 bits per heavy atom. The lowest BCUT2D eigenvalue weighted by atomic mass is 10.3. The molecule has 2 heterocycles. The van der Waals surface area contributed by atoms with Crippen LogP contribution in [0.3, 0.4) is 0 Å². The van der Waals surface area contributed by atoms with Crippen LogP contribution in [-0.4, -0.2) is 15.5 Å². The zero-order chi connectivity index (χ0) is 10.7. The molecule has 2 aromatic rings. The van der Waals surface area contributed by atoms with E-state index >= 15 is 0 Å². The Morgan fingerprint density at radius 2 is 2.53 bits per heavy atom. The van der Waals surface area contributed by atoms with Crippen LogP contribution in [0.5, 0.6) is 0 Å². The van der Waals surface area contributed by atoms with Gasteiger partial charge in [0, 0.05) is 0 Å². The van der Waals surface area contributed by atoms with Gasteiger partial charge in [0.25, 0.3) is 5.91 Å². The SMILES string of the molecule is Cc1nnsc1C(=O)NCc1ccco1. The first-order chi connectivity index (χ1) is 7.27. The fourth-order valence-corrected chi connectivity index (χ4v) is 1.67. The monoisotopic (exact) mass is 223 g/mol. The standard InChI is InChI=1S/C9H9N3O2S/c1-6-8(15-12-11-6)9(13)10-5-7-3-2-4-14-7/h2-4H,5H2,1H3,(H,10,13). The summed E-state index contributed by atoms with van der Waals surface area (Å²) in [6.07, 6.45) is 1.57. The Balaban J connectivity index is 1.96. The quantitative estimate of drug-likeness (QED) is 0.853. The minimum absolute atomic E-state index is 0.168. The molecular formula is C9H9N3O2S. The van der Waals surface area contributed by atoms with E-state index < -0.39 is 0 Å². The topological polar surface area (TPSA) is 68.0 Å². The summed E-state index contributed by atoms with van der Waals surface area (Å²) in [5.41, 5.74) is 0.650. The number of furan rings is 1. The van der Waals surface area contributed by atoms with Crippen LogP contribution in [0.4, 0.5) is 0 Å². The van der Waals surface area contributed by atoms with Gasteiger partial charge in [-0.1, -0.05) is 4.49 Å². The Morgan fingerprint density at radius 1 is 1.67 bits per heavy atom. The highest BCUT2D eigenvalue weighted by molar-refractivity contribution is 7.07. The van der Waals surface area contributed by atoms with Crippen molar-refractivity contribution in [1.29, 1.82) is 0 Å². The second-order valence-electron chi connectivity index (χ2n) is 2.95. The molecule has 0 aliphatic heterocycles. The van der Waals surface area contributed by atoms with Gasteiger partial charge < -0.3 is 9.73 Å². The van der Waals surface area contributed by atoms with Gasteiger partial charge in [-0.3, -0.25) is 4.79 Å². The number of carbonyl (C=O) groups excluding carboxylic acids is 1. The number of aryl methyl sites for hydroxylation is 1. The van der Waals surface area contributed by atoms with Crippen molar-refractivity contribution in [3.63, 3.8) is 0 Å². The Labute approximate surface area is 90.3 Å². The van der Waals surface area contributed by atoms with Gasteiger partial charge in [-0.25, -0.2) is 0 Å². The Hall–Kier alpha value is -1.69. The molecule has 0 aromatic carbocycles. The van der Waals surface area contributed by atoms with Gasteiger partial charge in [0.2, 0.25) is 0 Å². The molecule has 0 aliphatic carbocycles. The molecule has 0 radical (unpaired) electrons. The third-order valence-corrected chi connectivity index (χ3v) is 2.69. The number of hydrogen-bond donors (Lipinski definition) is 1. The van der Waals surface area contributed by atoms with Crippen molar-refractivity contribution in [2.24, 2.45) is 0 Å². The summed E-state index contributed by atoms with van der Waals surface area (Å²) in [7, 11) is 0. The average Bonchev–Trinajstić information content (AvgIpc) is 2.84. The third kappa shape index (κ3) is 2.21. The number of rotatable bonds is 3. The summed E-state index contributed by atoms with van der Waals surface area (Å²) in [6.45, 7) is 2.13. The maximum Gasteiger partial charge on any atom is 0.265 e. The van der Waals surface area contributed by atoms with Crippen molar-refractivity contribution in [3.8, 4) is 0 Å². The van der Waals surface area contributed by atoms with Gasteiger partial charge in [-0.15, -0.1) is 5.10 Å². The summed E-state index contributed by atoms with van der Waals surface area (Å²) in [6, 6.07) is 3.58. The largest absolute Gasteiger partial charge is 0.467 e. The van der Waals surface area contributed by atoms with Gasteiger partial charge in [0.15, 0.2) is 0 Å². The number of nitrogens with one attached hydrogen (secondary N) is 1. The van der Waals surface area contributed by atoms with Crippen molar-refractivity contribution >= 4 is 17.4 Å². The number of nitrogens with zero attached hydrogens (tertiary/aromatic N) is 2. The van der Waals surface area contributed by atoms with Crippen LogP contribution in [0.1, 0.15) is 21.1 Å². The molecule has 1 amide bonds. The van der Waals surface area contributed by atoms with Crippen molar-refractivity contribution in [2.75, 3.05) is 0 Å². The number of aromatic nitrogens is 2.